The highest BCUT2D eigenvalue weighted by Crippen LogP contribution is 2.41. The molecule has 0 spiro atoms. The van der Waals surface area contributed by atoms with E-state index in [2.05, 4.69) is 83.6 Å². The SMILES string of the molecule is O=C/C=C/c1ccccc1-c1cn(C(c2ccccc2)(c2ccccc2)c2ccccc2)cn1. The Morgan fingerprint density at radius 2 is 1.15 bits per heavy atom. The Morgan fingerprint density at radius 3 is 1.68 bits per heavy atom. The number of nitrogens with zero attached hydrogens (tertiary/aromatic N) is 2. The van der Waals surface area contributed by atoms with Crippen molar-refractivity contribution in [3.8, 4) is 11.3 Å². The van der Waals surface area contributed by atoms with Crippen LogP contribution in [0.3, 0.4) is 0 Å². The lowest BCUT2D eigenvalue weighted by Gasteiger charge is -2.37. The zero-order chi connectivity index (χ0) is 23.2. The van der Waals surface area contributed by atoms with Crippen LogP contribution in [0.25, 0.3) is 17.3 Å². The molecule has 0 fully saturated rings. The van der Waals surface area contributed by atoms with E-state index in [4.69, 9.17) is 4.98 Å². The van der Waals surface area contributed by atoms with Crippen molar-refractivity contribution in [1.82, 2.24) is 9.55 Å². The average molecular weight is 441 g/mol. The molecule has 5 rings (SSSR count). The Kier molecular flexibility index (Phi) is 6.00. The van der Waals surface area contributed by atoms with Crippen molar-refractivity contribution in [3.05, 3.63) is 156 Å². The van der Waals surface area contributed by atoms with Crippen LogP contribution in [0.2, 0.25) is 0 Å². The molecule has 0 bridgehead atoms. The van der Waals surface area contributed by atoms with Gasteiger partial charge >= 0.3 is 0 Å². The van der Waals surface area contributed by atoms with E-state index < -0.39 is 5.54 Å². The number of aromatic nitrogens is 2. The average Bonchev–Trinajstić information content (AvgIpc) is 3.40. The Morgan fingerprint density at radius 1 is 0.647 bits per heavy atom. The predicted molar refractivity (Wildman–Crippen MR) is 137 cm³/mol. The van der Waals surface area contributed by atoms with Crippen LogP contribution in [0.4, 0.5) is 0 Å². The molecular formula is C31H24N2O. The number of carbonyl (C=O) groups excluding carboxylic acids is 1. The highest BCUT2D eigenvalue weighted by atomic mass is 16.1. The minimum atomic E-state index is -0.609. The summed E-state index contributed by atoms with van der Waals surface area (Å²) in [5, 5.41) is 0. The standard InChI is InChI=1S/C31H24N2O/c34-22-12-14-25-13-10-11-21-29(25)30-23-33(24-32-30)31(26-15-4-1-5-16-26,27-17-6-2-7-18-27)28-19-8-3-9-20-28/h1-24H/b14-12+. The lowest BCUT2D eigenvalue weighted by atomic mass is 9.77. The maximum Gasteiger partial charge on any atom is 0.142 e. The summed E-state index contributed by atoms with van der Waals surface area (Å²) in [6.45, 7) is 0. The number of aldehydes is 1. The smallest absolute Gasteiger partial charge is 0.142 e. The van der Waals surface area contributed by atoms with E-state index in [0.717, 1.165) is 39.8 Å². The number of hydrogen-bond acceptors (Lipinski definition) is 2. The summed E-state index contributed by atoms with van der Waals surface area (Å²) in [5.74, 6) is 0. The van der Waals surface area contributed by atoms with Crippen molar-refractivity contribution in [2.75, 3.05) is 0 Å². The Bertz CT molecular complexity index is 1310. The Labute approximate surface area is 199 Å². The summed E-state index contributed by atoms with van der Waals surface area (Å²) in [6, 6.07) is 39.6. The molecule has 0 radical (unpaired) electrons. The molecular weight excluding hydrogens is 416 g/mol. The van der Waals surface area contributed by atoms with Crippen molar-refractivity contribution in [2.45, 2.75) is 5.54 Å². The van der Waals surface area contributed by atoms with Crippen molar-refractivity contribution < 1.29 is 4.79 Å². The van der Waals surface area contributed by atoms with Crippen molar-refractivity contribution in [1.29, 1.82) is 0 Å². The summed E-state index contributed by atoms with van der Waals surface area (Å²) < 4.78 is 2.20. The molecule has 0 atom stereocenters. The van der Waals surface area contributed by atoms with Crippen LogP contribution in [0.15, 0.2) is 134 Å². The molecule has 1 aromatic heterocycles. The first kappa shape index (κ1) is 21.4. The van der Waals surface area contributed by atoms with Gasteiger partial charge in [0.05, 0.1) is 12.0 Å². The van der Waals surface area contributed by atoms with Gasteiger partial charge < -0.3 is 4.57 Å². The van der Waals surface area contributed by atoms with Crippen LogP contribution < -0.4 is 0 Å². The van der Waals surface area contributed by atoms with Gasteiger partial charge in [-0.15, -0.1) is 0 Å². The van der Waals surface area contributed by atoms with Crippen LogP contribution in [0.5, 0.6) is 0 Å². The maximum absolute atomic E-state index is 10.9. The Balaban J connectivity index is 1.78. The molecule has 0 N–H and O–H groups in total. The van der Waals surface area contributed by atoms with Gasteiger partial charge in [-0.3, -0.25) is 4.79 Å². The molecule has 0 saturated carbocycles. The number of hydrogen-bond donors (Lipinski definition) is 0. The minimum Gasteiger partial charge on any atom is -0.318 e. The monoisotopic (exact) mass is 440 g/mol. The van der Waals surface area contributed by atoms with Gasteiger partial charge in [0.1, 0.15) is 11.8 Å². The maximum atomic E-state index is 10.9. The van der Waals surface area contributed by atoms with Crippen molar-refractivity contribution in [2.24, 2.45) is 0 Å². The van der Waals surface area contributed by atoms with Gasteiger partial charge in [-0.1, -0.05) is 121 Å². The van der Waals surface area contributed by atoms with Crippen LogP contribution in [-0.2, 0) is 10.3 Å². The van der Waals surface area contributed by atoms with Crippen LogP contribution in [-0.4, -0.2) is 15.8 Å². The Hall–Kier alpha value is -4.50. The zero-order valence-corrected chi connectivity index (χ0v) is 18.7. The first-order chi connectivity index (χ1) is 16.8. The molecule has 0 aliphatic heterocycles. The normalized spacial score (nSPS) is 11.5. The molecule has 34 heavy (non-hydrogen) atoms. The summed E-state index contributed by atoms with van der Waals surface area (Å²) in [7, 11) is 0. The second-order valence-electron chi connectivity index (χ2n) is 8.06. The third-order valence-corrected chi connectivity index (χ3v) is 6.14. The topological polar surface area (TPSA) is 34.9 Å². The van der Waals surface area contributed by atoms with Gasteiger partial charge in [-0.25, -0.2) is 4.98 Å². The molecule has 3 heteroatoms. The lowest BCUT2D eigenvalue weighted by molar-refractivity contribution is -0.104. The predicted octanol–water partition coefficient (Wildman–Crippen LogP) is 6.60. The molecule has 0 amide bonds. The molecule has 164 valence electrons. The molecule has 0 saturated heterocycles. The largest absolute Gasteiger partial charge is 0.318 e. The van der Waals surface area contributed by atoms with Gasteiger partial charge in [0.25, 0.3) is 0 Å². The van der Waals surface area contributed by atoms with Crippen LogP contribution in [0, 0.1) is 0 Å². The molecule has 1 heterocycles. The number of benzene rings is 4. The second-order valence-corrected chi connectivity index (χ2v) is 8.06. The minimum absolute atomic E-state index is 0.609. The summed E-state index contributed by atoms with van der Waals surface area (Å²) >= 11 is 0. The zero-order valence-electron chi connectivity index (χ0n) is 18.7. The third-order valence-electron chi connectivity index (χ3n) is 6.14. The first-order valence-electron chi connectivity index (χ1n) is 11.3. The number of allylic oxidation sites excluding steroid dienone is 1. The summed E-state index contributed by atoms with van der Waals surface area (Å²) in [6.07, 6.45) is 8.13. The fourth-order valence-corrected chi connectivity index (χ4v) is 4.65. The summed E-state index contributed by atoms with van der Waals surface area (Å²) in [4.78, 5) is 15.8. The van der Waals surface area contributed by atoms with Crippen LogP contribution in [0.1, 0.15) is 22.3 Å². The van der Waals surface area contributed by atoms with E-state index in [0.29, 0.717) is 0 Å². The molecule has 3 nitrogen and oxygen atoms in total. The molecule has 0 aliphatic rings. The number of rotatable bonds is 7. The fraction of sp³-hybridized carbons (Fsp3) is 0.0323. The van der Waals surface area contributed by atoms with E-state index in [1.54, 1.807) is 0 Å². The number of imidazole rings is 1. The molecule has 5 aromatic rings. The lowest BCUT2D eigenvalue weighted by Crippen LogP contribution is -2.36. The van der Waals surface area contributed by atoms with Crippen molar-refractivity contribution >= 4 is 12.4 Å². The van der Waals surface area contributed by atoms with E-state index in [1.165, 1.54) is 6.08 Å². The van der Waals surface area contributed by atoms with Crippen LogP contribution >= 0.6 is 0 Å². The highest BCUT2D eigenvalue weighted by Gasteiger charge is 2.38. The van der Waals surface area contributed by atoms with Crippen molar-refractivity contribution in [3.63, 3.8) is 0 Å². The van der Waals surface area contributed by atoms with E-state index in [9.17, 15) is 4.79 Å². The van der Waals surface area contributed by atoms with E-state index >= 15 is 0 Å². The molecule has 4 aromatic carbocycles. The van der Waals surface area contributed by atoms with Gasteiger partial charge in [0.15, 0.2) is 0 Å². The molecule has 0 unspecified atom stereocenters. The van der Waals surface area contributed by atoms with Gasteiger partial charge in [0.2, 0.25) is 0 Å². The fourth-order valence-electron chi connectivity index (χ4n) is 4.65. The highest BCUT2D eigenvalue weighted by molar-refractivity contribution is 5.80. The van der Waals surface area contributed by atoms with E-state index in [-0.39, 0.29) is 0 Å². The van der Waals surface area contributed by atoms with Gasteiger partial charge in [-0.05, 0) is 28.3 Å². The second kappa shape index (κ2) is 9.55. The van der Waals surface area contributed by atoms with Gasteiger partial charge in [0, 0.05) is 11.8 Å². The number of carbonyl (C=O) groups is 1. The molecule has 0 aliphatic carbocycles. The summed E-state index contributed by atoms with van der Waals surface area (Å²) in [5.41, 5.74) is 5.59. The third kappa shape index (κ3) is 3.78. The van der Waals surface area contributed by atoms with Gasteiger partial charge in [-0.2, -0.15) is 0 Å². The van der Waals surface area contributed by atoms with E-state index in [1.807, 2.05) is 54.9 Å². The first-order valence-corrected chi connectivity index (χ1v) is 11.3. The quantitative estimate of drug-likeness (QED) is 0.162.